The third-order valence-corrected chi connectivity index (χ3v) is 5.83. The molecule has 1 unspecified atom stereocenters. The summed E-state index contributed by atoms with van der Waals surface area (Å²) in [5, 5.41) is 21.8. The molecule has 0 aliphatic carbocycles. The molecule has 0 aromatic heterocycles. The van der Waals surface area contributed by atoms with E-state index < -0.39 is 5.79 Å². The van der Waals surface area contributed by atoms with Crippen molar-refractivity contribution in [2.45, 2.75) is 116 Å². The topological polar surface area (TPSA) is 40.5 Å². The van der Waals surface area contributed by atoms with Crippen molar-refractivity contribution in [3.05, 3.63) is 35.9 Å². The van der Waals surface area contributed by atoms with Crippen LogP contribution in [0.2, 0.25) is 0 Å². The molecule has 156 valence electrons. The van der Waals surface area contributed by atoms with E-state index in [1.807, 2.05) is 30.3 Å². The van der Waals surface area contributed by atoms with E-state index in [2.05, 4.69) is 13.8 Å². The van der Waals surface area contributed by atoms with Gasteiger partial charge in [0.05, 0.1) is 0 Å². The number of unbranched alkanes of at least 4 members (excludes halogenated alkanes) is 11. The predicted octanol–water partition coefficient (Wildman–Crippen LogP) is 7.33. The summed E-state index contributed by atoms with van der Waals surface area (Å²) in [6.45, 7) is 4.49. The van der Waals surface area contributed by atoms with Crippen LogP contribution in [0.15, 0.2) is 30.3 Å². The van der Waals surface area contributed by atoms with Gasteiger partial charge in [-0.1, -0.05) is 128 Å². The van der Waals surface area contributed by atoms with Crippen LogP contribution < -0.4 is 0 Å². The van der Waals surface area contributed by atoms with Gasteiger partial charge in [-0.25, -0.2) is 0 Å². The van der Waals surface area contributed by atoms with Gasteiger partial charge in [0.2, 0.25) is 0 Å². The minimum atomic E-state index is -1.70. The molecule has 1 aromatic rings. The van der Waals surface area contributed by atoms with Crippen LogP contribution in [-0.4, -0.2) is 10.2 Å². The average molecular weight is 377 g/mol. The fourth-order valence-electron chi connectivity index (χ4n) is 3.98. The molecule has 0 aliphatic rings. The third kappa shape index (κ3) is 10.3. The van der Waals surface area contributed by atoms with Crippen molar-refractivity contribution < 1.29 is 10.2 Å². The van der Waals surface area contributed by atoms with Gasteiger partial charge in [-0.05, 0) is 12.8 Å². The largest absolute Gasteiger partial charge is 0.362 e. The summed E-state index contributed by atoms with van der Waals surface area (Å²) in [5.41, 5.74) is 0.643. The van der Waals surface area contributed by atoms with Gasteiger partial charge in [0.25, 0.3) is 0 Å². The van der Waals surface area contributed by atoms with Gasteiger partial charge in [0, 0.05) is 11.5 Å². The summed E-state index contributed by atoms with van der Waals surface area (Å²) in [6, 6.07) is 9.41. The molecule has 0 radical (unpaired) electrons. The van der Waals surface area contributed by atoms with E-state index >= 15 is 0 Å². The molecule has 1 aromatic carbocycles. The first-order valence-electron chi connectivity index (χ1n) is 11.6. The summed E-state index contributed by atoms with van der Waals surface area (Å²) in [4.78, 5) is 0. The molecule has 0 bridgehead atoms. The van der Waals surface area contributed by atoms with Crippen molar-refractivity contribution in [2.24, 2.45) is 5.92 Å². The standard InChI is InChI=1S/C25H44O2/c1-3-5-7-9-11-13-16-20-23(19-15-12-10-8-6-4-2)25(26,27)24-21-17-14-18-22-24/h14,17-18,21-23,26-27H,3-13,15-16,19-20H2,1-2H3. The maximum atomic E-state index is 10.9. The molecule has 0 saturated carbocycles. The summed E-state index contributed by atoms with van der Waals surface area (Å²) in [6.07, 6.45) is 18.1. The van der Waals surface area contributed by atoms with Gasteiger partial charge in [-0.2, -0.15) is 0 Å². The highest BCUT2D eigenvalue weighted by atomic mass is 16.5. The van der Waals surface area contributed by atoms with Gasteiger partial charge in [0.1, 0.15) is 0 Å². The Morgan fingerprint density at radius 2 is 1.04 bits per heavy atom. The molecule has 0 heterocycles. The predicted molar refractivity (Wildman–Crippen MR) is 117 cm³/mol. The Morgan fingerprint density at radius 3 is 1.48 bits per heavy atom. The Labute approximate surface area is 168 Å². The fraction of sp³-hybridized carbons (Fsp3) is 0.760. The molecule has 1 rings (SSSR count). The second-order valence-corrected chi connectivity index (χ2v) is 8.26. The van der Waals surface area contributed by atoms with E-state index in [9.17, 15) is 10.2 Å². The Morgan fingerprint density at radius 1 is 0.630 bits per heavy atom. The molecule has 0 aliphatic heterocycles. The van der Waals surface area contributed by atoms with Crippen molar-refractivity contribution in [1.29, 1.82) is 0 Å². The quantitative estimate of drug-likeness (QED) is 0.221. The molecular formula is C25H44O2. The van der Waals surface area contributed by atoms with E-state index in [0.29, 0.717) is 5.56 Å². The summed E-state index contributed by atoms with van der Waals surface area (Å²) in [7, 11) is 0. The molecule has 2 nitrogen and oxygen atoms in total. The molecule has 0 spiro atoms. The number of hydrogen-bond donors (Lipinski definition) is 2. The smallest absolute Gasteiger partial charge is 0.192 e. The van der Waals surface area contributed by atoms with Crippen LogP contribution in [-0.2, 0) is 5.79 Å². The van der Waals surface area contributed by atoms with Crippen molar-refractivity contribution in [2.75, 3.05) is 0 Å². The Hall–Kier alpha value is -0.860. The Bertz CT molecular complexity index is 441. The van der Waals surface area contributed by atoms with Gasteiger partial charge in [-0.3, -0.25) is 0 Å². The summed E-state index contributed by atoms with van der Waals surface area (Å²) < 4.78 is 0. The monoisotopic (exact) mass is 376 g/mol. The number of aliphatic hydroxyl groups is 2. The normalized spacial score (nSPS) is 13.0. The van der Waals surface area contributed by atoms with Crippen molar-refractivity contribution in [3.63, 3.8) is 0 Å². The second-order valence-electron chi connectivity index (χ2n) is 8.26. The Kier molecular flexibility index (Phi) is 13.5. The van der Waals surface area contributed by atoms with E-state index in [0.717, 1.165) is 25.7 Å². The lowest BCUT2D eigenvalue weighted by atomic mass is 9.83. The zero-order valence-electron chi connectivity index (χ0n) is 18.0. The number of hydrogen-bond acceptors (Lipinski definition) is 2. The van der Waals surface area contributed by atoms with Gasteiger partial charge in [-0.15, -0.1) is 0 Å². The average Bonchev–Trinajstić information content (AvgIpc) is 2.68. The van der Waals surface area contributed by atoms with Crippen LogP contribution in [0.4, 0.5) is 0 Å². The molecule has 0 saturated heterocycles. The minimum Gasteiger partial charge on any atom is -0.362 e. The van der Waals surface area contributed by atoms with Crippen molar-refractivity contribution >= 4 is 0 Å². The van der Waals surface area contributed by atoms with Crippen molar-refractivity contribution in [3.8, 4) is 0 Å². The lowest BCUT2D eigenvalue weighted by Gasteiger charge is -2.32. The lowest BCUT2D eigenvalue weighted by molar-refractivity contribution is -0.214. The number of rotatable bonds is 17. The molecule has 2 heteroatoms. The Balaban J connectivity index is 2.48. The van der Waals surface area contributed by atoms with E-state index in [1.165, 1.54) is 70.6 Å². The van der Waals surface area contributed by atoms with Crippen LogP contribution in [0.5, 0.6) is 0 Å². The fourth-order valence-corrected chi connectivity index (χ4v) is 3.98. The minimum absolute atomic E-state index is 0.0679. The maximum absolute atomic E-state index is 10.9. The molecule has 1 atom stereocenters. The summed E-state index contributed by atoms with van der Waals surface area (Å²) >= 11 is 0. The highest BCUT2D eigenvalue weighted by Gasteiger charge is 2.35. The molecule has 2 N–H and O–H groups in total. The third-order valence-electron chi connectivity index (χ3n) is 5.83. The first kappa shape index (κ1) is 24.2. The van der Waals surface area contributed by atoms with Crippen LogP contribution in [0.25, 0.3) is 0 Å². The van der Waals surface area contributed by atoms with Gasteiger partial charge in [0.15, 0.2) is 5.79 Å². The second kappa shape index (κ2) is 15.1. The van der Waals surface area contributed by atoms with Crippen molar-refractivity contribution in [1.82, 2.24) is 0 Å². The highest BCUT2D eigenvalue weighted by molar-refractivity contribution is 5.20. The zero-order valence-corrected chi connectivity index (χ0v) is 18.0. The molecule has 0 amide bonds. The molecular weight excluding hydrogens is 332 g/mol. The van der Waals surface area contributed by atoms with Crippen LogP contribution in [0.1, 0.15) is 116 Å². The van der Waals surface area contributed by atoms with Crippen LogP contribution in [0, 0.1) is 5.92 Å². The maximum Gasteiger partial charge on any atom is 0.192 e. The van der Waals surface area contributed by atoms with E-state index in [4.69, 9.17) is 0 Å². The van der Waals surface area contributed by atoms with Gasteiger partial charge >= 0.3 is 0 Å². The van der Waals surface area contributed by atoms with Crippen LogP contribution in [0.3, 0.4) is 0 Å². The number of benzene rings is 1. The molecule has 27 heavy (non-hydrogen) atoms. The highest BCUT2D eigenvalue weighted by Crippen LogP contribution is 2.34. The zero-order chi connectivity index (χ0) is 19.8. The van der Waals surface area contributed by atoms with Crippen LogP contribution >= 0.6 is 0 Å². The first-order chi connectivity index (χ1) is 13.1. The first-order valence-corrected chi connectivity index (χ1v) is 11.6. The lowest BCUT2D eigenvalue weighted by Crippen LogP contribution is -2.35. The molecule has 0 fully saturated rings. The van der Waals surface area contributed by atoms with Gasteiger partial charge < -0.3 is 10.2 Å². The van der Waals surface area contributed by atoms with E-state index in [-0.39, 0.29) is 5.92 Å². The van der Waals surface area contributed by atoms with E-state index in [1.54, 1.807) is 0 Å². The SMILES string of the molecule is CCCCCCCCCC(CCCCCCCC)C(O)(O)c1ccccc1. The summed E-state index contributed by atoms with van der Waals surface area (Å²) in [5.74, 6) is -1.77.